The maximum absolute atomic E-state index is 11.1. The van der Waals surface area contributed by atoms with Gasteiger partial charge in [0.15, 0.2) is 5.78 Å². The molecule has 0 bridgehead atoms. The van der Waals surface area contributed by atoms with Crippen molar-refractivity contribution >= 4 is 48.7 Å². The predicted molar refractivity (Wildman–Crippen MR) is 59.5 cm³/mol. The summed E-state index contributed by atoms with van der Waals surface area (Å²) in [5.74, 6) is -0.324. The van der Waals surface area contributed by atoms with Crippen molar-refractivity contribution in [2.24, 2.45) is 0 Å². The predicted octanol–water partition coefficient (Wildman–Crippen LogP) is 3.12. The number of carbonyl (C=O) groups excluding carboxylic acids is 1. The summed E-state index contributed by atoms with van der Waals surface area (Å²) in [4.78, 5) is 10.7. The van der Waals surface area contributed by atoms with Gasteiger partial charge in [0.1, 0.15) is 4.90 Å². The molecular weight excluding hydrogens is 283 g/mol. The van der Waals surface area contributed by atoms with E-state index in [-0.39, 0.29) is 26.3 Å². The Balaban J connectivity index is 3.59. The van der Waals surface area contributed by atoms with Gasteiger partial charge in [0.2, 0.25) is 0 Å². The molecule has 0 radical (unpaired) electrons. The summed E-state index contributed by atoms with van der Waals surface area (Å²) in [5, 5.41) is -0.208. The molecule has 0 aliphatic rings. The molecule has 0 saturated heterocycles. The molecule has 0 atom stereocenters. The van der Waals surface area contributed by atoms with E-state index >= 15 is 0 Å². The highest BCUT2D eigenvalue weighted by molar-refractivity contribution is 8.13. The van der Waals surface area contributed by atoms with E-state index in [1.807, 2.05) is 0 Å². The molecule has 0 spiro atoms. The Kier molecular flexibility index (Phi) is 3.66. The molecule has 0 fully saturated rings. The Bertz CT molecular complexity index is 522. The van der Waals surface area contributed by atoms with E-state index in [2.05, 4.69) is 0 Å². The number of halogens is 3. The van der Waals surface area contributed by atoms with Crippen LogP contribution in [0.3, 0.4) is 0 Å². The molecule has 15 heavy (non-hydrogen) atoms. The quantitative estimate of drug-likeness (QED) is 0.620. The van der Waals surface area contributed by atoms with Crippen LogP contribution in [0.2, 0.25) is 10.0 Å². The number of rotatable bonds is 2. The van der Waals surface area contributed by atoms with Crippen molar-refractivity contribution in [2.45, 2.75) is 11.8 Å². The van der Waals surface area contributed by atoms with E-state index < -0.39 is 9.05 Å². The van der Waals surface area contributed by atoms with Gasteiger partial charge in [-0.3, -0.25) is 4.79 Å². The first kappa shape index (κ1) is 12.8. The third-order valence-corrected chi connectivity index (χ3v) is 3.92. The lowest BCUT2D eigenvalue weighted by atomic mass is 10.1. The second kappa shape index (κ2) is 4.29. The summed E-state index contributed by atoms with van der Waals surface area (Å²) in [6, 6.07) is 2.39. The summed E-state index contributed by atoms with van der Waals surface area (Å²) in [6.07, 6.45) is 0. The standard InChI is InChI=1S/C8H5Cl3O3S/c1-4(12)5-2-6(9)8(10)7(3-5)15(11,13)14/h2-3H,1H3. The van der Waals surface area contributed by atoms with Gasteiger partial charge in [-0.15, -0.1) is 0 Å². The average molecular weight is 288 g/mol. The molecule has 82 valence electrons. The maximum atomic E-state index is 11.1. The number of benzene rings is 1. The Morgan fingerprint density at radius 2 is 1.80 bits per heavy atom. The van der Waals surface area contributed by atoms with Crippen molar-refractivity contribution in [1.82, 2.24) is 0 Å². The number of hydrogen-bond donors (Lipinski definition) is 0. The van der Waals surface area contributed by atoms with E-state index in [0.717, 1.165) is 6.07 Å². The fourth-order valence-electron chi connectivity index (χ4n) is 0.945. The van der Waals surface area contributed by atoms with Gasteiger partial charge in [-0.1, -0.05) is 23.2 Å². The van der Waals surface area contributed by atoms with E-state index in [1.165, 1.54) is 13.0 Å². The zero-order valence-corrected chi connectivity index (χ0v) is 10.5. The van der Waals surface area contributed by atoms with Gasteiger partial charge < -0.3 is 0 Å². The van der Waals surface area contributed by atoms with Crippen LogP contribution in [-0.4, -0.2) is 14.2 Å². The molecule has 1 aromatic rings. The molecule has 0 unspecified atom stereocenters. The minimum Gasteiger partial charge on any atom is -0.295 e. The second-order valence-corrected chi connectivity index (χ2v) is 6.08. The van der Waals surface area contributed by atoms with Gasteiger partial charge in [0, 0.05) is 16.2 Å². The molecule has 0 saturated carbocycles. The molecule has 0 aliphatic heterocycles. The minimum absolute atomic E-state index is 0.0245. The third kappa shape index (κ3) is 2.84. The van der Waals surface area contributed by atoms with Crippen molar-refractivity contribution < 1.29 is 13.2 Å². The van der Waals surface area contributed by atoms with Crippen LogP contribution in [0.5, 0.6) is 0 Å². The highest BCUT2D eigenvalue weighted by Gasteiger charge is 2.19. The van der Waals surface area contributed by atoms with Crippen LogP contribution >= 0.6 is 33.9 Å². The lowest BCUT2D eigenvalue weighted by Gasteiger charge is -2.04. The fourth-order valence-corrected chi connectivity index (χ4v) is 2.71. The number of Topliss-reactive ketones (excluding diaryl/α,β-unsaturated/α-hetero) is 1. The first-order valence-electron chi connectivity index (χ1n) is 3.68. The summed E-state index contributed by atoms with van der Waals surface area (Å²) in [7, 11) is 1.12. The monoisotopic (exact) mass is 286 g/mol. The van der Waals surface area contributed by atoms with Gasteiger partial charge in [0.25, 0.3) is 9.05 Å². The SMILES string of the molecule is CC(=O)c1cc(Cl)c(Cl)c(S(=O)(=O)Cl)c1. The molecule has 0 heterocycles. The van der Waals surface area contributed by atoms with Crippen molar-refractivity contribution in [3.63, 3.8) is 0 Å². The molecule has 0 aromatic heterocycles. The number of carbonyl (C=O) groups is 1. The van der Waals surface area contributed by atoms with Crippen LogP contribution in [0.15, 0.2) is 17.0 Å². The van der Waals surface area contributed by atoms with Gasteiger partial charge in [-0.25, -0.2) is 8.42 Å². The van der Waals surface area contributed by atoms with E-state index in [0.29, 0.717) is 0 Å². The number of hydrogen-bond acceptors (Lipinski definition) is 3. The Labute approximate surface area is 101 Å². The largest absolute Gasteiger partial charge is 0.295 e. The molecule has 0 aliphatic carbocycles. The highest BCUT2D eigenvalue weighted by Crippen LogP contribution is 2.32. The van der Waals surface area contributed by atoms with Crippen LogP contribution in [-0.2, 0) is 9.05 Å². The van der Waals surface area contributed by atoms with Crippen LogP contribution in [0, 0.1) is 0 Å². The summed E-state index contributed by atoms with van der Waals surface area (Å²) in [6.45, 7) is 1.28. The highest BCUT2D eigenvalue weighted by atomic mass is 35.7. The summed E-state index contributed by atoms with van der Waals surface area (Å²) >= 11 is 11.3. The molecule has 0 N–H and O–H groups in total. The first-order valence-corrected chi connectivity index (χ1v) is 6.74. The van der Waals surface area contributed by atoms with Crippen LogP contribution in [0.1, 0.15) is 17.3 Å². The molecule has 3 nitrogen and oxygen atoms in total. The van der Waals surface area contributed by atoms with Crippen molar-refractivity contribution in [1.29, 1.82) is 0 Å². The molecule has 0 amide bonds. The Hall–Kier alpha value is -0.290. The summed E-state index contributed by atoms with van der Waals surface area (Å²) in [5.41, 5.74) is 0.142. The maximum Gasteiger partial charge on any atom is 0.262 e. The lowest BCUT2D eigenvalue weighted by Crippen LogP contribution is -1.98. The molecule has 1 rings (SSSR count). The van der Waals surface area contributed by atoms with Crippen LogP contribution < -0.4 is 0 Å². The van der Waals surface area contributed by atoms with Gasteiger partial charge in [0.05, 0.1) is 10.0 Å². The second-order valence-electron chi connectivity index (χ2n) is 2.76. The lowest BCUT2D eigenvalue weighted by molar-refractivity contribution is 0.101. The molecule has 1 aromatic carbocycles. The Morgan fingerprint density at radius 3 is 2.20 bits per heavy atom. The third-order valence-electron chi connectivity index (χ3n) is 1.66. The molecule has 7 heteroatoms. The smallest absolute Gasteiger partial charge is 0.262 e. The topological polar surface area (TPSA) is 51.2 Å². The summed E-state index contributed by atoms with van der Waals surface area (Å²) < 4.78 is 22.2. The number of ketones is 1. The normalized spacial score (nSPS) is 11.5. The Morgan fingerprint density at radius 1 is 1.27 bits per heavy atom. The van der Waals surface area contributed by atoms with Crippen LogP contribution in [0.4, 0.5) is 0 Å². The van der Waals surface area contributed by atoms with E-state index in [1.54, 1.807) is 0 Å². The average Bonchev–Trinajstić information content (AvgIpc) is 2.06. The van der Waals surface area contributed by atoms with Gasteiger partial charge in [-0.05, 0) is 19.1 Å². The van der Waals surface area contributed by atoms with Gasteiger partial charge in [-0.2, -0.15) is 0 Å². The van der Waals surface area contributed by atoms with E-state index in [9.17, 15) is 13.2 Å². The molecular formula is C8H5Cl3O3S. The van der Waals surface area contributed by atoms with Crippen molar-refractivity contribution in [3.8, 4) is 0 Å². The zero-order chi connectivity index (χ0) is 11.8. The van der Waals surface area contributed by atoms with Crippen LogP contribution in [0.25, 0.3) is 0 Å². The van der Waals surface area contributed by atoms with Gasteiger partial charge >= 0.3 is 0 Å². The first-order chi connectivity index (χ1) is 6.73. The van der Waals surface area contributed by atoms with Crippen molar-refractivity contribution in [3.05, 3.63) is 27.7 Å². The van der Waals surface area contributed by atoms with Crippen molar-refractivity contribution in [2.75, 3.05) is 0 Å². The zero-order valence-electron chi connectivity index (χ0n) is 7.42. The fraction of sp³-hybridized carbons (Fsp3) is 0.125. The minimum atomic E-state index is -4.01. The van der Waals surface area contributed by atoms with E-state index in [4.69, 9.17) is 33.9 Å².